The Balaban J connectivity index is 1.08. The second-order valence-corrected chi connectivity index (χ2v) is 13.0. The van der Waals surface area contributed by atoms with Crippen LogP contribution in [-0.2, 0) is 0 Å². The number of fused-ring (bicyclic) bond motifs is 2. The molecule has 0 heterocycles. The lowest BCUT2D eigenvalue weighted by atomic mass is 9.90. The van der Waals surface area contributed by atoms with Crippen molar-refractivity contribution in [2.45, 2.75) is 0 Å². The molecule has 9 aromatic rings. The van der Waals surface area contributed by atoms with E-state index in [1.54, 1.807) is 0 Å². The van der Waals surface area contributed by atoms with Crippen LogP contribution in [-0.4, -0.2) is 0 Å². The zero-order valence-electron chi connectivity index (χ0n) is 28.2. The van der Waals surface area contributed by atoms with Crippen LogP contribution in [0.25, 0.3) is 66.1 Å². The minimum absolute atomic E-state index is 1.11. The van der Waals surface area contributed by atoms with Crippen LogP contribution in [0.4, 0.5) is 17.1 Å². The van der Waals surface area contributed by atoms with Crippen molar-refractivity contribution in [3.8, 4) is 44.5 Å². The van der Waals surface area contributed by atoms with E-state index in [0.29, 0.717) is 0 Å². The van der Waals surface area contributed by atoms with Crippen molar-refractivity contribution in [3.05, 3.63) is 212 Å². The first kappa shape index (κ1) is 30.4. The maximum absolute atomic E-state index is 2.34. The highest BCUT2D eigenvalue weighted by molar-refractivity contribution is 5.97. The Kier molecular flexibility index (Phi) is 7.92. The second kappa shape index (κ2) is 13.3. The SMILES string of the molecule is c1ccc(-c2cc(-c3ccc(N(c4ccccc4)c4ccc(-c5cccc6ccccc56)cc4)cc3)ccc2-c2ccc3ccccc3c2)cc1. The molecule has 0 bridgehead atoms. The lowest BCUT2D eigenvalue weighted by Gasteiger charge is -2.26. The maximum atomic E-state index is 2.34. The summed E-state index contributed by atoms with van der Waals surface area (Å²) in [7, 11) is 0. The molecule has 0 amide bonds. The predicted molar refractivity (Wildman–Crippen MR) is 218 cm³/mol. The fourth-order valence-electron chi connectivity index (χ4n) is 7.28. The van der Waals surface area contributed by atoms with Crippen molar-refractivity contribution < 1.29 is 0 Å². The molecule has 0 atom stereocenters. The fraction of sp³-hybridized carbons (Fsp3) is 0. The van der Waals surface area contributed by atoms with Gasteiger partial charge in [-0.05, 0) is 115 Å². The Bertz CT molecular complexity index is 2600. The van der Waals surface area contributed by atoms with E-state index >= 15 is 0 Å². The fourth-order valence-corrected chi connectivity index (χ4v) is 7.28. The van der Waals surface area contributed by atoms with Crippen LogP contribution in [0.3, 0.4) is 0 Å². The molecular formula is C50H35N. The summed E-state index contributed by atoms with van der Waals surface area (Å²) in [6.45, 7) is 0. The van der Waals surface area contributed by atoms with Gasteiger partial charge < -0.3 is 4.90 Å². The number of hydrogen-bond donors (Lipinski definition) is 0. The van der Waals surface area contributed by atoms with Crippen molar-refractivity contribution in [3.63, 3.8) is 0 Å². The third-order valence-electron chi connectivity index (χ3n) is 9.86. The van der Waals surface area contributed by atoms with Gasteiger partial charge in [-0.3, -0.25) is 0 Å². The number of nitrogens with zero attached hydrogens (tertiary/aromatic N) is 1. The van der Waals surface area contributed by atoms with Crippen LogP contribution >= 0.6 is 0 Å². The summed E-state index contributed by atoms with van der Waals surface area (Å²) in [4.78, 5) is 2.33. The Morgan fingerprint density at radius 2 is 0.765 bits per heavy atom. The van der Waals surface area contributed by atoms with Crippen molar-refractivity contribution >= 4 is 38.6 Å². The van der Waals surface area contributed by atoms with E-state index in [4.69, 9.17) is 0 Å². The van der Waals surface area contributed by atoms with Crippen molar-refractivity contribution in [2.75, 3.05) is 4.90 Å². The van der Waals surface area contributed by atoms with Crippen molar-refractivity contribution in [1.82, 2.24) is 0 Å². The van der Waals surface area contributed by atoms with E-state index < -0.39 is 0 Å². The largest absolute Gasteiger partial charge is 0.311 e. The van der Waals surface area contributed by atoms with Crippen LogP contribution in [0.15, 0.2) is 212 Å². The highest BCUT2D eigenvalue weighted by Crippen LogP contribution is 2.40. The van der Waals surface area contributed by atoms with Crippen LogP contribution in [0, 0.1) is 0 Å². The van der Waals surface area contributed by atoms with Gasteiger partial charge in [0.15, 0.2) is 0 Å². The van der Waals surface area contributed by atoms with E-state index in [9.17, 15) is 0 Å². The Morgan fingerprint density at radius 3 is 1.51 bits per heavy atom. The quantitative estimate of drug-likeness (QED) is 0.166. The van der Waals surface area contributed by atoms with Crippen LogP contribution in [0.1, 0.15) is 0 Å². The van der Waals surface area contributed by atoms with Gasteiger partial charge in [-0.1, -0.05) is 164 Å². The average molecular weight is 650 g/mol. The molecular weight excluding hydrogens is 615 g/mol. The lowest BCUT2D eigenvalue weighted by Crippen LogP contribution is -2.09. The summed E-state index contributed by atoms with van der Waals surface area (Å²) in [6, 6.07) is 76.6. The molecule has 1 nitrogen and oxygen atoms in total. The minimum Gasteiger partial charge on any atom is -0.311 e. The smallest absolute Gasteiger partial charge is 0.0462 e. The third-order valence-corrected chi connectivity index (χ3v) is 9.86. The zero-order chi connectivity index (χ0) is 34.0. The normalized spacial score (nSPS) is 11.1. The van der Waals surface area contributed by atoms with E-state index in [0.717, 1.165) is 17.1 Å². The summed E-state index contributed by atoms with van der Waals surface area (Å²) in [5.74, 6) is 0. The molecule has 0 saturated heterocycles. The maximum Gasteiger partial charge on any atom is 0.0462 e. The monoisotopic (exact) mass is 649 g/mol. The number of hydrogen-bond acceptors (Lipinski definition) is 1. The average Bonchev–Trinajstić information content (AvgIpc) is 3.22. The third kappa shape index (κ3) is 5.96. The van der Waals surface area contributed by atoms with Gasteiger partial charge in [0.1, 0.15) is 0 Å². The molecule has 9 rings (SSSR count). The molecule has 0 aliphatic heterocycles. The van der Waals surface area contributed by atoms with Gasteiger partial charge in [-0.25, -0.2) is 0 Å². The molecule has 0 aromatic heterocycles. The molecule has 0 aliphatic carbocycles. The summed E-state index contributed by atoms with van der Waals surface area (Å²) in [6.07, 6.45) is 0. The second-order valence-electron chi connectivity index (χ2n) is 13.0. The number of para-hydroxylation sites is 1. The van der Waals surface area contributed by atoms with Gasteiger partial charge in [0.2, 0.25) is 0 Å². The highest BCUT2D eigenvalue weighted by Gasteiger charge is 2.15. The molecule has 0 fully saturated rings. The minimum atomic E-state index is 1.11. The van der Waals surface area contributed by atoms with E-state index in [-0.39, 0.29) is 0 Å². The van der Waals surface area contributed by atoms with Gasteiger partial charge in [0.05, 0.1) is 0 Å². The van der Waals surface area contributed by atoms with E-state index in [1.807, 2.05) is 0 Å². The Hall–Kier alpha value is -6.70. The van der Waals surface area contributed by atoms with Gasteiger partial charge in [0, 0.05) is 17.1 Å². The first-order chi connectivity index (χ1) is 25.3. The molecule has 240 valence electrons. The molecule has 0 N–H and O–H groups in total. The first-order valence-electron chi connectivity index (χ1n) is 17.5. The molecule has 9 aromatic carbocycles. The molecule has 1 heteroatoms. The molecule has 0 radical (unpaired) electrons. The van der Waals surface area contributed by atoms with Gasteiger partial charge in [0.25, 0.3) is 0 Å². The molecule has 0 unspecified atom stereocenters. The van der Waals surface area contributed by atoms with Gasteiger partial charge in [-0.15, -0.1) is 0 Å². The molecule has 51 heavy (non-hydrogen) atoms. The van der Waals surface area contributed by atoms with Crippen LogP contribution < -0.4 is 4.90 Å². The number of rotatable bonds is 7. The Morgan fingerprint density at radius 1 is 0.235 bits per heavy atom. The van der Waals surface area contributed by atoms with E-state index in [1.165, 1.54) is 66.1 Å². The van der Waals surface area contributed by atoms with Crippen molar-refractivity contribution in [2.24, 2.45) is 0 Å². The zero-order valence-corrected chi connectivity index (χ0v) is 28.2. The van der Waals surface area contributed by atoms with E-state index in [2.05, 4.69) is 217 Å². The van der Waals surface area contributed by atoms with Crippen LogP contribution in [0.5, 0.6) is 0 Å². The standard InChI is InChI=1S/C50H35N/c1-3-13-39(14-4-1)50-35-42(28-33-49(50)43-23-22-36-12-7-8-16-41(36)34-43)37-24-29-45(30-25-37)51(44-18-5-2-6-19-44)46-31-26-40(27-32-46)48-21-11-17-38-15-9-10-20-47(38)48/h1-35H. The van der Waals surface area contributed by atoms with Gasteiger partial charge in [-0.2, -0.15) is 0 Å². The Labute approximate surface area is 299 Å². The number of benzene rings is 9. The predicted octanol–water partition coefficient (Wildman–Crippen LogP) is 14.1. The summed E-state index contributed by atoms with van der Waals surface area (Å²) >= 11 is 0. The summed E-state index contributed by atoms with van der Waals surface area (Å²) in [5.41, 5.74) is 13.1. The molecule has 0 spiro atoms. The first-order valence-corrected chi connectivity index (χ1v) is 17.5. The highest BCUT2D eigenvalue weighted by atomic mass is 15.1. The number of anilines is 3. The molecule has 0 aliphatic rings. The van der Waals surface area contributed by atoms with Crippen molar-refractivity contribution in [1.29, 1.82) is 0 Å². The van der Waals surface area contributed by atoms with Crippen LogP contribution in [0.2, 0.25) is 0 Å². The summed E-state index contributed by atoms with van der Waals surface area (Å²) in [5, 5.41) is 5.03. The summed E-state index contributed by atoms with van der Waals surface area (Å²) < 4.78 is 0. The topological polar surface area (TPSA) is 3.24 Å². The molecule has 0 saturated carbocycles. The lowest BCUT2D eigenvalue weighted by molar-refractivity contribution is 1.28. The van der Waals surface area contributed by atoms with Gasteiger partial charge >= 0.3 is 0 Å².